The molecule has 13 nitrogen and oxygen atoms in total. The van der Waals surface area contributed by atoms with Crippen molar-refractivity contribution >= 4 is 55.2 Å². The fraction of sp³-hybridized carbons (Fsp3) is 0.295. The van der Waals surface area contributed by atoms with Gasteiger partial charge in [0.05, 0.1) is 50.9 Å². The number of aryl methyl sites for hydroxylation is 1. The molecule has 2 aliphatic rings. The van der Waals surface area contributed by atoms with Crippen molar-refractivity contribution in [2.45, 2.75) is 63.6 Å². The number of benzene rings is 4. The number of alkyl halides is 4. The van der Waals surface area contributed by atoms with Gasteiger partial charge in [0.25, 0.3) is 17.9 Å². The summed E-state index contributed by atoms with van der Waals surface area (Å²) >= 11 is 6.66. The first kappa shape index (κ1) is 43.8. The van der Waals surface area contributed by atoms with Crippen molar-refractivity contribution in [2.24, 2.45) is 13.0 Å². The van der Waals surface area contributed by atoms with Crippen LogP contribution in [0.5, 0.6) is 5.75 Å². The van der Waals surface area contributed by atoms with Crippen LogP contribution in [-0.2, 0) is 40.8 Å². The second kappa shape index (κ2) is 15.9. The molecule has 3 atom stereocenters. The minimum Gasteiger partial charge on any atom is -0.490 e. The van der Waals surface area contributed by atoms with Crippen molar-refractivity contribution in [1.82, 2.24) is 34.4 Å². The van der Waals surface area contributed by atoms with Crippen LogP contribution in [0.25, 0.3) is 38.6 Å². The number of ether oxygens (including phenoxy) is 1. The molecule has 9 rings (SSSR count). The number of carbonyl (C=O) groups is 1. The lowest BCUT2D eigenvalue weighted by molar-refractivity contribution is -0.123. The fourth-order valence-corrected chi connectivity index (χ4v) is 9.55. The van der Waals surface area contributed by atoms with Crippen LogP contribution < -0.4 is 20.3 Å². The summed E-state index contributed by atoms with van der Waals surface area (Å²) in [4.78, 5) is 34.3. The molecule has 0 unspecified atom stereocenters. The summed E-state index contributed by atoms with van der Waals surface area (Å²) in [5, 5.41) is 10.9. The molecule has 3 aromatic heterocycles. The molecule has 0 aliphatic heterocycles. The Kier molecular flexibility index (Phi) is 10.7. The van der Waals surface area contributed by atoms with Gasteiger partial charge in [0.15, 0.2) is 5.82 Å². The van der Waals surface area contributed by atoms with Gasteiger partial charge in [-0.1, -0.05) is 35.9 Å². The van der Waals surface area contributed by atoms with Crippen LogP contribution in [0, 0.1) is 17.6 Å². The van der Waals surface area contributed by atoms with Crippen molar-refractivity contribution < 1.29 is 44.3 Å². The molecule has 1 saturated carbocycles. The Hall–Kier alpha value is -6.41. The van der Waals surface area contributed by atoms with Gasteiger partial charge in [-0.15, -0.1) is 0 Å². The molecule has 4 aromatic carbocycles. The Morgan fingerprint density at radius 1 is 1.02 bits per heavy atom. The minimum atomic E-state index is -3.92. The largest absolute Gasteiger partial charge is 0.490 e. The number of nitrogens with zero attached hydrogens (tertiary/aromatic N) is 6. The summed E-state index contributed by atoms with van der Waals surface area (Å²) in [6, 6.07) is 15.8. The van der Waals surface area contributed by atoms with E-state index in [1.54, 1.807) is 36.4 Å². The lowest BCUT2D eigenvalue weighted by Gasteiger charge is -2.24. The van der Waals surface area contributed by atoms with Gasteiger partial charge in [0.2, 0.25) is 15.9 Å². The Balaban J connectivity index is 1.27. The van der Waals surface area contributed by atoms with Gasteiger partial charge >= 0.3 is 0 Å². The SMILES string of the molecule is CC(C)Oc1ccccc1-c1ccc2c(=O)n(-c3ccc(Cl)c4c(NS(C)(=O)=O)nn(C)c34)c([C@H](Cc3cc(F)cc(F)c3)NC(=O)Cn3nc(C(F)F)c4c3C(F)(F)[C@@H]3C[C@H]43)nc2c1. The standard InChI is InChI=1S/C44H37ClF6N8O5S/c1-20(2)64-33-8-6-5-7-25(33)22-9-10-26-30(16-22)53-42(59(43(26)61)32-12-11-29(45)36-38(32)57(3)55-41(36)56-65(4,62)63)31(15-21-13-23(46)17-24(47)14-21)52-34(60)19-58-39-35(37(54-58)40(48)49)27-18-28(27)44(39,50)51/h5-14,16-17,20,27-28,31,40H,15,18-19H2,1-4H3,(H,52,60)(H,55,56)/t27-,28+,31-/m0/s1. The van der Waals surface area contributed by atoms with Gasteiger partial charge in [-0.05, 0) is 79.8 Å². The van der Waals surface area contributed by atoms with Gasteiger partial charge < -0.3 is 10.1 Å². The molecule has 3 heterocycles. The number of carbonyl (C=O) groups excluding carboxylic acids is 1. The zero-order chi connectivity index (χ0) is 46.4. The van der Waals surface area contributed by atoms with Crippen molar-refractivity contribution in [3.8, 4) is 22.6 Å². The zero-order valence-electron chi connectivity index (χ0n) is 34.7. The second-order valence-corrected chi connectivity index (χ2v) is 18.6. The van der Waals surface area contributed by atoms with Crippen molar-refractivity contribution in [3.63, 3.8) is 0 Å². The van der Waals surface area contributed by atoms with Crippen LogP contribution in [0.1, 0.15) is 67.0 Å². The molecule has 0 bridgehead atoms. The van der Waals surface area contributed by atoms with Gasteiger partial charge in [0.1, 0.15) is 41.1 Å². The predicted octanol–water partition coefficient (Wildman–Crippen LogP) is 8.47. The third kappa shape index (κ3) is 7.95. The number of sulfonamides is 1. The highest BCUT2D eigenvalue weighted by Crippen LogP contribution is 2.68. The Bertz CT molecular complexity index is 3260. The average Bonchev–Trinajstić information content (AvgIpc) is 3.75. The molecule has 2 N–H and O–H groups in total. The first-order chi connectivity index (χ1) is 30.7. The number of para-hydroxylation sites is 1. The van der Waals surface area contributed by atoms with Crippen LogP contribution in [0.3, 0.4) is 0 Å². The molecular weight excluding hydrogens is 902 g/mol. The Labute approximate surface area is 371 Å². The zero-order valence-corrected chi connectivity index (χ0v) is 36.3. The van der Waals surface area contributed by atoms with E-state index in [1.165, 1.54) is 29.9 Å². The predicted molar refractivity (Wildman–Crippen MR) is 229 cm³/mol. The summed E-state index contributed by atoms with van der Waals surface area (Å²) < 4.78 is 125. The van der Waals surface area contributed by atoms with E-state index in [1.807, 2.05) is 13.8 Å². The summed E-state index contributed by atoms with van der Waals surface area (Å²) in [6.07, 6.45) is -2.98. The average molecular weight is 939 g/mol. The maximum atomic E-state index is 15.6. The number of hydrogen-bond acceptors (Lipinski definition) is 8. The van der Waals surface area contributed by atoms with Crippen molar-refractivity contribution in [3.05, 3.63) is 128 Å². The quantitative estimate of drug-likeness (QED) is 0.109. The number of rotatable bonds is 13. The van der Waals surface area contributed by atoms with E-state index in [-0.39, 0.29) is 67.8 Å². The van der Waals surface area contributed by atoms with Crippen LogP contribution in [0.4, 0.5) is 32.2 Å². The number of nitrogens with one attached hydrogen (secondary N) is 2. The number of amides is 1. The van der Waals surface area contributed by atoms with Gasteiger partial charge in [-0.25, -0.2) is 31.0 Å². The number of hydrogen-bond donors (Lipinski definition) is 2. The minimum absolute atomic E-state index is 0.00642. The molecular formula is C44H37ClF6N8O5S. The van der Waals surface area contributed by atoms with E-state index < -0.39 is 87.7 Å². The summed E-state index contributed by atoms with van der Waals surface area (Å²) in [7, 11) is -2.46. The second-order valence-electron chi connectivity index (χ2n) is 16.4. The van der Waals surface area contributed by atoms with E-state index in [4.69, 9.17) is 21.3 Å². The molecule has 7 aromatic rings. The van der Waals surface area contributed by atoms with Crippen LogP contribution in [-0.4, -0.2) is 55.8 Å². The number of halogens is 7. The maximum absolute atomic E-state index is 15.6. The summed E-state index contributed by atoms with van der Waals surface area (Å²) in [5.74, 6) is -8.52. The molecule has 65 heavy (non-hydrogen) atoms. The third-order valence-corrected chi connectivity index (χ3v) is 12.2. The van der Waals surface area contributed by atoms with Crippen LogP contribution in [0.2, 0.25) is 5.02 Å². The smallest absolute Gasteiger partial charge is 0.293 e. The normalized spacial score (nSPS) is 16.9. The summed E-state index contributed by atoms with van der Waals surface area (Å²) in [6.45, 7) is 2.72. The van der Waals surface area contributed by atoms with Crippen molar-refractivity contribution in [2.75, 3.05) is 11.0 Å². The van der Waals surface area contributed by atoms with E-state index in [0.29, 0.717) is 27.6 Å². The molecule has 21 heteroatoms. The topological polar surface area (TPSA) is 155 Å². The van der Waals surface area contributed by atoms with Gasteiger partial charge in [-0.2, -0.15) is 19.0 Å². The van der Waals surface area contributed by atoms with Gasteiger partial charge in [0, 0.05) is 36.6 Å². The third-order valence-electron chi connectivity index (χ3n) is 11.4. The lowest BCUT2D eigenvalue weighted by atomic mass is 10.0. The number of anilines is 1. The van der Waals surface area contributed by atoms with E-state index in [2.05, 4.69) is 20.2 Å². The molecule has 1 amide bonds. The Morgan fingerprint density at radius 2 is 1.74 bits per heavy atom. The molecule has 0 spiro atoms. The highest BCUT2D eigenvalue weighted by molar-refractivity contribution is 7.92. The molecule has 2 aliphatic carbocycles. The first-order valence-corrected chi connectivity index (χ1v) is 22.4. The van der Waals surface area contributed by atoms with E-state index in [9.17, 15) is 30.8 Å². The fourth-order valence-electron chi connectivity index (χ4n) is 8.81. The molecule has 0 saturated heterocycles. The van der Waals surface area contributed by atoms with Crippen molar-refractivity contribution in [1.29, 1.82) is 0 Å². The maximum Gasteiger partial charge on any atom is 0.293 e. The Morgan fingerprint density at radius 3 is 2.43 bits per heavy atom. The van der Waals surface area contributed by atoms with E-state index >= 15 is 13.6 Å². The van der Waals surface area contributed by atoms with Crippen LogP contribution >= 0.6 is 11.6 Å². The monoisotopic (exact) mass is 938 g/mol. The number of aromatic nitrogens is 6. The van der Waals surface area contributed by atoms with Gasteiger partial charge in [-0.3, -0.25) is 28.2 Å². The summed E-state index contributed by atoms with van der Waals surface area (Å²) in [5.41, 5.74) is -1.28. The van der Waals surface area contributed by atoms with Crippen LogP contribution in [0.15, 0.2) is 77.6 Å². The first-order valence-electron chi connectivity index (χ1n) is 20.2. The molecule has 0 radical (unpaired) electrons. The number of fused-ring (bicyclic) bond motifs is 5. The van der Waals surface area contributed by atoms with E-state index in [0.717, 1.165) is 23.0 Å². The highest BCUT2D eigenvalue weighted by atomic mass is 35.5. The molecule has 338 valence electrons. The highest BCUT2D eigenvalue weighted by Gasteiger charge is 2.67. The molecule has 1 fully saturated rings. The lowest BCUT2D eigenvalue weighted by Crippen LogP contribution is -2.38.